The minimum absolute atomic E-state index is 0.229. The van der Waals surface area contributed by atoms with Crippen LogP contribution >= 0.6 is 0 Å². The predicted octanol–water partition coefficient (Wildman–Crippen LogP) is -0.0680. The van der Waals surface area contributed by atoms with Crippen molar-refractivity contribution in [1.29, 1.82) is 0 Å². The highest BCUT2D eigenvalue weighted by Crippen LogP contribution is 2.35. The van der Waals surface area contributed by atoms with Gasteiger partial charge in [0.1, 0.15) is 11.3 Å². The summed E-state index contributed by atoms with van der Waals surface area (Å²) in [5.74, 6) is 0.744. The fraction of sp³-hybridized carbons (Fsp3) is 0.591. The summed E-state index contributed by atoms with van der Waals surface area (Å²) in [5, 5.41) is 3.72. The maximum absolute atomic E-state index is 12.9. The first-order valence-electron chi connectivity index (χ1n) is 11.1. The molecule has 0 bridgehead atoms. The SMILES string of the molecule is COc1cccc(N2CC[NH+](CC(=O)NN3C(=O)NC4(CCC(C)CC4)C3=O)CC2)c1. The number of benzene rings is 1. The molecule has 1 aromatic rings. The zero-order valence-electron chi connectivity index (χ0n) is 18.3. The van der Waals surface area contributed by atoms with Gasteiger partial charge in [-0.3, -0.25) is 15.0 Å². The largest absolute Gasteiger partial charge is 0.497 e. The number of carbonyl (C=O) groups excluding carboxylic acids is 3. The van der Waals surface area contributed by atoms with Crippen molar-refractivity contribution in [3.8, 4) is 5.75 Å². The molecule has 0 radical (unpaired) electrons. The normalized spacial score (nSPS) is 26.8. The van der Waals surface area contributed by atoms with Crippen LogP contribution in [0.25, 0.3) is 0 Å². The van der Waals surface area contributed by atoms with E-state index in [4.69, 9.17) is 4.74 Å². The Morgan fingerprint density at radius 2 is 1.97 bits per heavy atom. The number of rotatable bonds is 5. The molecule has 4 rings (SSSR count). The number of piperazine rings is 1. The lowest BCUT2D eigenvalue weighted by Gasteiger charge is -2.34. The molecule has 0 unspecified atom stereocenters. The minimum atomic E-state index is -0.841. The number of ether oxygens (including phenoxy) is 1. The van der Waals surface area contributed by atoms with Gasteiger partial charge in [-0.05, 0) is 43.7 Å². The Balaban J connectivity index is 1.28. The third-order valence-electron chi connectivity index (χ3n) is 6.83. The summed E-state index contributed by atoms with van der Waals surface area (Å²) in [6, 6.07) is 7.43. The Labute approximate surface area is 182 Å². The van der Waals surface area contributed by atoms with Crippen LogP contribution in [0.1, 0.15) is 32.6 Å². The lowest BCUT2D eigenvalue weighted by molar-refractivity contribution is -0.892. The maximum Gasteiger partial charge on any atom is 0.344 e. The molecule has 1 aliphatic carbocycles. The lowest BCUT2D eigenvalue weighted by atomic mass is 9.77. The summed E-state index contributed by atoms with van der Waals surface area (Å²) < 4.78 is 5.30. The third-order valence-corrected chi connectivity index (χ3v) is 6.83. The van der Waals surface area contributed by atoms with Crippen LogP contribution in [-0.4, -0.2) is 68.2 Å². The summed E-state index contributed by atoms with van der Waals surface area (Å²) >= 11 is 0. The Morgan fingerprint density at radius 3 is 2.65 bits per heavy atom. The van der Waals surface area contributed by atoms with Gasteiger partial charge in [0.05, 0.1) is 33.3 Å². The second-order valence-corrected chi connectivity index (χ2v) is 8.99. The molecule has 168 valence electrons. The molecule has 1 spiro atoms. The van der Waals surface area contributed by atoms with Gasteiger partial charge in [0.25, 0.3) is 11.8 Å². The van der Waals surface area contributed by atoms with Crippen molar-refractivity contribution in [2.45, 2.75) is 38.1 Å². The number of urea groups is 1. The number of anilines is 1. The molecular formula is C22H32N5O4+. The molecule has 9 nitrogen and oxygen atoms in total. The zero-order valence-corrected chi connectivity index (χ0v) is 18.3. The van der Waals surface area contributed by atoms with Crippen LogP contribution in [0.15, 0.2) is 24.3 Å². The Kier molecular flexibility index (Phi) is 6.04. The van der Waals surface area contributed by atoms with Crippen LogP contribution in [0.2, 0.25) is 0 Å². The molecule has 3 fully saturated rings. The number of quaternary nitrogens is 1. The monoisotopic (exact) mass is 430 g/mol. The number of hydrogen-bond acceptors (Lipinski definition) is 5. The second kappa shape index (κ2) is 8.74. The molecule has 1 saturated carbocycles. The van der Waals surface area contributed by atoms with Gasteiger partial charge in [-0.2, -0.15) is 5.01 Å². The first kappa shape index (κ1) is 21.4. The van der Waals surface area contributed by atoms with E-state index in [1.54, 1.807) is 7.11 Å². The number of imide groups is 1. The van der Waals surface area contributed by atoms with Gasteiger partial charge in [-0.1, -0.05) is 13.0 Å². The Morgan fingerprint density at radius 1 is 1.26 bits per heavy atom. The average molecular weight is 431 g/mol. The standard InChI is InChI=1S/C22H31N5O4/c1-16-6-8-22(9-7-16)20(29)27(21(30)23-22)24-19(28)15-25-10-12-26(13-11-25)17-4-3-5-18(14-17)31-2/h3-5,14,16H,6-13,15H2,1-2H3,(H,23,30)(H,24,28)/p+1. The van der Waals surface area contributed by atoms with E-state index in [9.17, 15) is 14.4 Å². The van der Waals surface area contributed by atoms with Crippen molar-refractivity contribution in [3.05, 3.63) is 24.3 Å². The molecule has 31 heavy (non-hydrogen) atoms. The van der Waals surface area contributed by atoms with Crippen LogP contribution in [0.4, 0.5) is 10.5 Å². The summed E-state index contributed by atoms with van der Waals surface area (Å²) in [6.07, 6.45) is 3.05. The van der Waals surface area contributed by atoms with Crippen LogP contribution in [0.3, 0.4) is 0 Å². The number of hydrazine groups is 1. The summed E-state index contributed by atoms with van der Waals surface area (Å²) in [6.45, 7) is 5.62. The van der Waals surface area contributed by atoms with Gasteiger partial charge < -0.3 is 19.9 Å². The molecular weight excluding hydrogens is 398 g/mol. The summed E-state index contributed by atoms with van der Waals surface area (Å²) in [5.41, 5.74) is 2.81. The van der Waals surface area contributed by atoms with Crippen molar-refractivity contribution in [2.24, 2.45) is 5.92 Å². The number of methoxy groups -OCH3 is 1. The fourth-order valence-corrected chi connectivity index (χ4v) is 4.77. The van der Waals surface area contributed by atoms with E-state index in [2.05, 4.69) is 28.6 Å². The lowest BCUT2D eigenvalue weighted by Crippen LogP contribution is -3.16. The summed E-state index contributed by atoms with van der Waals surface area (Å²) in [4.78, 5) is 41.2. The van der Waals surface area contributed by atoms with Gasteiger partial charge >= 0.3 is 6.03 Å². The van der Waals surface area contributed by atoms with Crippen molar-refractivity contribution in [2.75, 3.05) is 44.7 Å². The van der Waals surface area contributed by atoms with Crippen molar-refractivity contribution >= 4 is 23.5 Å². The fourth-order valence-electron chi connectivity index (χ4n) is 4.77. The number of hydrogen-bond donors (Lipinski definition) is 3. The average Bonchev–Trinajstić information content (AvgIpc) is 3.00. The van der Waals surface area contributed by atoms with E-state index in [1.165, 1.54) is 0 Å². The number of nitrogens with one attached hydrogen (secondary N) is 3. The van der Waals surface area contributed by atoms with Crippen LogP contribution < -0.4 is 25.3 Å². The molecule has 3 N–H and O–H groups in total. The molecule has 3 aliphatic rings. The third kappa shape index (κ3) is 4.46. The molecule has 2 heterocycles. The van der Waals surface area contributed by atoms with Gasteiger partial charge in [-0.15, -0.1) is 0 Å². The highest BCUT2D eigenvalue weighted by molar-refractivity contribution is 6.08. The van der Waals surface area contributed by atoms with Crippen molar-refractivity contribution in [1.82, 2.24) is 15.8 Å². The van der Waals surface area contributed by atoms with Gasteiger partial charge in [0.15, 0.2) is 6.54 Å². The molecule has 0 atom stereocenters. The summed E-state index contributed by atoms with van der Waals surface area (Å²) in [7, 11) is 1.65. The highest BCUT2D eigenvalue weighted by atomic mass is 16.5. The first-order valence-corrected chi connectivity index (χ1v) is 11.1. The minimum Gasteiger partial charge on any atom is -0.497 e. The Hall–Kier alpha value is -2.81. The van der Waals surface area contributed by atoms with Crippen LogP contribution in [-0.2, 0) is 9.59 Å². The quantitative estimate of drug-likeness (QED) is 0.569. The van der Waals surface area contributed by atoms with Crippen molar-refractivity contribution < 1.29 is 24.0 Å². The van der Waals surface area contributed by atoms with E-state index >= 15 is 0 Å². The van der Waals surface area contributed by atoms with Gasteiger partial charge in [-0.25, -0.2) is 4.79 Å². The molecule has 9 heteroatoms. The smallest absolute Gasteiger partial charge is 0.344 e. The first-order chi connectivity index (χ1) is 14.9. The number of amides is 4. The van der Waals surface area contributed by atoms with E-state index < -0.39 is 11.6 Å². The number of nitrogens with zero attached hydrogens (tertiary/aromatic N) is 2. The second-order valence-electron chi connectivity index (χ2n) is 8.99. The molecule has 2 saturated heterocycles. The molecule has 1 aromatic carbocycles. The predicted molar refractivity (Wildman–Crippen MR) is 115 cm³/mol. The van der Waals surface area contributed by atoms with Crippen LogP contribution in [0.5, 0.6) is 5.75 Å². The van der Waals surface area contributed by atoms with Gasteiger partial charge in [0, 0.05) is 11.8 Å². The highest BCUT2D eigenvalue weighted by Gasteiger charge is 2.53. The van der Waals surface area contributed by atoms with Crippen molar-refractivity contribution in [3.63, 3.8) is 0 Å². The van der Waals surface area contributed by atoms with E-state index in [0.717, 1.165) is 60.4 Å². The maximum atomic E-state index is 12.9. The topological polar surface area (TPSA) is 95.4 Å². The van der Waals surface area contributed by atoms with E-state index in [0.29, 0.717) is 18.8 Å². The van der Waals surface area contributed by atoms with Crippen LogP contribution in [0, 0.1) is 5.92 Å². The molecule has 4 amide bonds. The van der Waals surface area contributed by atoms with Gasteiger partial charge in [0.2, 0.25) is 0 Å². The number of carbonyl (C=O) groups is 3. The molecule has 0 aromatic heterocycles. The Bertz CT molecular complexity index is 844. The van der Waals surface area contributed by atoms with E-state index in [-0.39, 0.29) is 18.4 Å². The van der Waals surface area contributed by atoms with E-state index in [1.807, 2.05) is 18.2 Å². The zero-order chi connectivity index (χ0) is 22.0. The molecule has 2 aliphatic heterocycles.